The molecule has 34 heavy (non-hydrogen) atoms. The molecule has 0 radical (unpaired) electrons. The zero-order valence-corrected chi connectivity index (χ0v) is 23.6. The van der Waals surface area contributed by atoms with Gasteiger partial charge in [-0.2, -0.15) is 0 Å². The van der Waals surface area contributed by atoms with Gasteiger partial charge in [-0.25, -0.2) is 0 Å². The second kappa shape index (κ2) is 30.2. The maximum atomic E-state index is 11.8. The van der Waals surface area contributed by atoms with E-state index in [1.807, 2.05) is 6.08 Å². The summed E-state index contributed by atoms with van der Waals surface area (Å²) in [6.45, 7) is 4.56. The maximum Gasteiger partial charge on any atom is 0.310 e. The summed E-state index contributed by atoms with van der Waals surface area (Å²) in [5.74, 6) is -0.0611. The topological polar surface area (TPSA) is 26.3 Å². The molecule has 0 heterocycles. The van der Waals surface area contributed by atoms with Gasteiger partial charge in [0.1, 0.15) is 0 Å². The van der Waals surface area contributed by atoms with Crippen molar-refractivity contribution >= 4 is 5.97 Å². The molecule has 0 aliphatic rings. The van der Waals surface area contributed by atoms with E-state index in [4.69, 9.17) is 4.74 Å². The van der Waals surface area contributed by atoms with Crippen molar-refractivity contribution in [3.8, 4) is 0 Å². The standard InChI is InChI=1S/C32H62O2/c1-3-5-7-9-11-13-15-17-18-19-20-22-24-26-28-30-32(33)34-31-29-27-25-23-21-16-14-12-10-8-6-4-2/h29,31H,3-28,30H2,1-2H3. The molecule has 0 aliphatic carbocycles. The molecule has 0 bridgehead atoms. The lowest BCUT2D eigenvalue weighted by molar-refractivity contribution is -0.138. The first-order valence-electron chi connectivity index (χ1n) is 15.7. The van der Waals surface area contributed by atoms with Crippen LogP contribution in [0.4, 0.5) is 0 Å². The first-order valence-corrected chi connectivity index (χ1v) is 15.7. The van der Waals surface area contributed by atoms with Crippen molar-refractivity contribution in [2.75, 3.05) is 0 Å². The van der Waals surface area contributed by atoms with E-state index in [1.54, 1.807) is 6.26 Å². The predicted molar refractivity (Wildman–Crippen MR) is 151 cm³/mol. The third-order valence-corrected chi connectivity index (χ3v) is 7.00. The van der Waals surface area contributed by atoms with Crippen molar-refractivity contribution in [3.05, 3.63) is 12.3 Å². The third kappa shape index (κ3) is 29.2. The molecule has 0 fully saturated rings. The Morgan fingerprint density at radius 3 is 1.18 bits per heavy atom. The van der Waals surface area contributed by atoms with Gasteiger partial charge in [-0.3, -0.25) is 4.79 Å². The fourth-order valence-electron chi connectivity index (χ4n) is 4.64. The van der Waals surface area contributed by atoms with E-state index in [0.717, 1.165) is 19.3 Å². The Morgan fingerprint density at radius 1 is 0.471 bits per heavy atom. The summed E-state index contributed by atoms with van der Waals surface area (Å²) in [6, 6.07) is 0. The second-order valence-corrected chi connectivity index (χ2v) is 10.5. The quantitative estimate of drug-likeness (QED) is 0.0634. The average molecular weight is 479 g/mol. The molecule has 0 unspecified atom stereocenters. The summed E-state index contributed by atoms with van der Waals surface area (Å²) in [6.07, 6.45) is 39.1. The number of hydrogen-bond acceptors (Lipinski definition) is 2. The highest BCUT2D eigenvalue weighted by atomic mass is 16.5. The zero-order chi connectivity index (χ0) is 24.8. The van der Waals surface area contributed by atoms with E-state index >= 15 is 0 Å². The normalized spacial score (nSPS) is 11.5. The minimum Gasteiger partial charge on any atom is -0.435 e. The van der Waals surface area contributed by atoms with Gasteiger partial charge in [-0.1, -0.05) is 162 Å². The van der Waals surface area contributed by atoms with Crippen molar-refractivity contribution in [2.45, 2.75) is 187 Å². The highest BCUT2D eigenvalue weighted by Gasteiger charge is 2.01. The van der Waals surface area contributed by atoms with Gasteiger partial charge < -0.3 is 4.74 Å². The average Bonchev–Trinajstić information content (AvgIpc) is 2.84. The Hall–Kier alpha value is -0.790. The smallest absolute Gasteiger partial charge is 0.310 e. The predicted octanol–water partition coefficient (Wildman–Crippen LogP) is 11.6. The Labute approximate surface area is 215 Å². The van der Waals surface area contributed by atoms with E-state index in [9.17, 15) is 4.79 Å². The Morgan fingerprint density at radius 2 is 0.794 bits per heavy atom. The van der Waals surface area contributed by atoms with Crippen LogP contribution in [0.3, 0.4) is 0 Å². The van der Waals surface area contributed by atoms with Crippen LogP contribution >= 0.6 is 0 Å². The van der Waals surface area contributed by atoms with Crippen molar-refractivity contribution in [1.29, 1.82) is 0 Å². The number of allylic oxidation sites excluding steroid dienone is 1. The molecule has 0 spiro atoms. The van der Waals surface area contributed by atoms with Gasteiger partial charge in [0.2, 0.25) is 0 Å². The molecule has 0 N–H and O–H groups in total. The summed E-state index contributed by atoms with van der Waals surface area (Å²) in [4.78, 5) is 11.8. The van der Waals surface area contributed by atoms with Crippen molar-refractivity contribution < 1.29 is 9.53 Å². The Kier molecular flexibility index (Phi) is 29.5. The van der Waals surface area contributed by atoms with E-state index < -0.39 is 0 Å². The van der Waals surface area contributed by atoms with Crippen LogP contribution < -0.4 is 0 Å². The fourth-order valence-corrected chi connectivity index (χ4v) is 4.64. The van der Waals surface area contributed by atoms with Crippen LogP contribution in [-0.4, -0.2) is 5.97 Å². The molecule has 202 valence electrons. The molecule has 2 nitrogen and oxygen atoms in total. The number of rotatable bonds is 28. The highest BCUT2D eigenvalue weighted by Crippen LogP contribution is 2.14. The molecule has 0 aromatic rings. The molecule has 0 aromatic heterocycles. The summed E-state index contributed by atoms with van der Waals surface area (Å²) >= 11 is 0. The molecule has 2 heteroatoms. The molecule has 0 aromatic carbocycles. The van der Waals surface area contributed by atoms with Crippen LogP contribution in [0.1, 0.15) is 187 Å². The summed E-state index contributed by atoms with van der Waals surface area (Å²) < 4.78 is 5.23. The lowest BCUT2D eigenvalue weighted by Crippen LogP contribution is -1.98. The molecular weight excluding hydrogens is 416 g/mol. The molecule has 0 saturated carbocycles. The van der Waals surface area contributed by atoms with E-state index in [2.05, 4.69) is 13.8 Å². The molecule has 0 atom stereocenters. The van der Waals surface area contributed by atoms with Crippen LogP contribution in [0.2, 0.25) is 0 Å². The second-order valence-electron chi connectivity index (χ2n) is 10.5. The Balaban J connectivity index is 3.21. The number of unbranched alkanes of at least 4 members (excludes halogenated alkanes) is 24. The highest BCUT2D eigenvalue weighted by molar-refractivity contribution is 5.69. The van der Waals surface area contributed by atoms with E-state index in [1.165, 1.54) is 148 Å². The van der Waals surface area contributed by atoms with Gasteiger partial charge in [0.05, 0.1) is 6.26 Å². The molecular formula is C32H62O2. The lowest BCUT2D eigenvalue weighted by Gasteiger charge is -2.03. The molecule has 0 rings (SSSR count). The van der Waals surface area contributed by atoms with Gasteiger partial charge in [-0.15, -0.1) is 0 Å². The number of carbonyl (C=O) groups excluding carboxylic acids is 1. The van der Waals surface area contributed by atoms with Crippen LogP contribution in [0, 0.1) is 0 Å². The zero-order valence-electron chi connectivity index (χ0n) is 23.6. The summed E-state index contributed by atoms with van der Waals surface area (Å²) in [7, 11) is 0. The first kappa shape index (κ1) is 33.2. The van der Waals surface area contributed by atoms with Gasteiger partial charge in [0.25, 0.3) is 0 Å². The van der Waals surface area contributed by atoms with Gasteiger partial charge in [0, 0.05) is 6.42 Å². The minimum absolute atomic E-state index is 0.0611. The third-order valence-electron chi connectivity index (χ3n) is 7.00. The summed E-state index contributed by atoms with van der Waals surface area (Å²) in [5.41, 5.74) is 0. The fraction of sp³-hybridized carbons (Fsp3) is 0.906. The lowest BCUT2D eigenvalue weighted by atomic mass is 10.0. The summed E-state index contributed by atoms with van der Waals surface area (Å²) in [5, 5.41) is 0. The van der Waals surface area contributed by atoms with Crippen LogP contribution in [0.15, 0.2) is 12.3 Å². The Bertz CT molecular complexity index is 415. The van der Waals surface area contributed by atoms with Crippen LogP contribution in [0.5, 0.6) is 0 Å². The van der Waals surface area contributed by atoms with E-state index in [-0.39, 0.29) is 5.97 Å². The van der Waals surface area contributed by atoms with Gasteiger partial charge in [-0.05, 0) is 25.3 Å². The largest absolute Gasteiger partial charge is 0.435 e. The number of hydrogen-bond donors (Lipinski definition) is 0. The number of esters is 1. The van der Waals surface area contributed by atoms with Crippen LogP contribution in [-0.2, 0) is 9.53 Å². The van der Waals surface area contributed by atoms with Crippen molar-refractivity contribution in [1.82, 2.24) is 0 Å². The number of ether oxygens (including phenoxy) is 1. The molecule has 0 amide bonds. The first-order chi connectivity index (χ1) is 16.8. The van der Waals surface area contributed by atoms with Crippen molar-refractivity contribution in [3.63, 3.8) is 0 Å². The van der Waals surface area contributed by atoms with Crippen molar-refractivity contribution in [2.24, 2.45) is 0 Å². The SMILES string of the molecule is CCCCCCCCCCCCC=COC(=O)CCCCCCCCCCCCCCCCC. The molecule has 0 saturated heterocycles. The minimum atomic E-state index is -0.0611. The van der Waals surface area contributed by atoms with Crippen LogP contribution in [0.25, 0.3) is 0 Å². The molecule has 0 aliphatic heterocycles. The maximum absolute atomic E-state index is 11.8. The van der Waals surface area contributed by atoms with E-state index in [0.29, 0.717) is 6.42 Å². The van der Waals surface area contributed by atoms with Gasteiger partial charge >= 0.3 is 5.97 Å². The van der Waals surface area contributed by atoms with Gasteiger partial charge in [0.15, 0.2) is 0 Å². The monoisotopic (exact) mass is 478 g/mol. The number of carbonyl (C=O) groups is 1.